The molecule has 18 heavy (non-hydrogen) atoms. The van der Waals surface area contributed by atoms with Crippen molar-refractivity contribution in [2.24, 2.45) is 0 Å². The Labute approximate surface area is 119 Å². The normalized spacial score (nSPS) is 11.3. The number of benzene rings is 1. The average molecular weight is 384 g/mol. The summed E-state index contributed by atoms with van der Waals surface area (Å²) in [7, 11) is -4.28. The van der Waals surface area contributed by atoms with E-state index in [2.05, 4.69) is 22.6 Å². The van der Waals surface area contributed by atoms with Crippen molar-refractivity contribution in [2.45, 2.75) is 18.7 Å². The first-order valence-corrected chi connectivity index (χ1v) is 8.05. The number of alkyl halides is 1. The quantitative estimate of drug-likeness (QED) is 0.372. The molecular weight excluding hydrogens is 371 g/mol. The van der Waals surface area contributed by atoms with Crippen molar-refractivity contribution < 1.29 is 22.5 Å². The van der Waals surface area contributed by atoms with E-state index in [1.165, 1.54) is 26.0 Å². The van der Waals surface area contributed by atoms with E-state index < -0.39 is 16.1 Å². The molecule has 0 fully saturated rings. The molecule has 0 radical (unpaired) electrons. The van der Waals surface area contributed by atoms with Crippen molar-refractivity contribution >= 4 is 38.7 Å². The van der Waals surface area contributed by atoms with Gasteiger partial charge in [0.05, 0.1) is 10.5 Å². The molecule has 0 aromatic heterocycles. The van der Waals surface area contributed by atoms with Gasteiger partial charge in [0.2, 0.25) is 0 Å². The fourth-order valence-electron chi connectivity index (χ4n) is 1.69. The van der Waals surface area contributed by atoms with Crippen LogP contribution in [0.1, 0.15) is 21.5 Å². The zero-order chi connectivity index (χ0) is 13.9. The highest BCUT2D eigenvalue weighted by atomic mass is 127. The third-order valence-electron chi connectivity index (χ3n) is 2.26. The lowest BCUT2D eigenvalue weighted by Gasteiger charge is -2.09. The molecule has 0 saturated heterocycles. The van der Waals surface area contributed by atoms with Gasteiger partial charge in [-0.2, -0.15) is 8.42 Å². The SMILES string of the molecule is Cc1cc(C(=O)OCCI)cc(C)c1S(=O)(=O)O. The zero-order valence-corrected chi connectivity index (χ0v) is 12.9. The van der Waals surface area contributed by atoms with Crippen LogP contribution in [0, 0.1) is 13.8 Å². The maximum atomic E-state index is 11.6. The van der Waals surface area contributed by atoms with Gasteiger partial charge in [-0.25, -0.2) is 4.79 Å². The second-order valence-corrected chi connectivity index (χ2v) is 6.18. The molecule has 0 atom stereocenters. The molecule has 0 amide bonds. The minimum Gasteiger partial charge on any atom is -0.461 e. The summed E-state index contributed by atoms with van der Waals surface area (Å²) in [5.41, 5.74) is 0.917. The van der Waals surface area contributed by atoms with Crippen molar-refractivity contribution in [2.75, 3.05) is 11.0 Å². The van der Waals surface area contributed by atoms with Gasteiger partial charge in [-0.05, 0) is 37.1 Å². The largest absolute Gasteiger partial charge is 0.461 e. The van der Waals surface area contributed by atoms with Crippen LogP contribution < -0.4 is 0 Å². The Bertz CT molecular complexity index is 542. The fourth-order valence-corrected chi connectivity index (χ4v) is 2.84. The average Bonchev–Trinajstić information content (AvgIpc) is 2.22. The summed E-state index contributed by atoms with van der Waals surface area (Å²) in [4.78, 5) is 11.5. The Balaban J connectivity index is 3.19. The van der Waals surface area contributed by atoms with Gasteiger partial charge in [0.25, 0.3) is 10.1 Å². The molecule has 0 aliphatic carbocycles. The van der Waals surface area contributed by atoms with Crippen molar-refractivity contribution in [3.63, 3.8) is 0 Å². The molecule has 1 N–H and O–H groups in total. The first-order chi connectivity index (χ1) is 8.27. The van der Waals surface area contributed by atoms with Gasteiger partial charge in [-0.15, -0.1) is 0 Å². The summed E-state index contributed by atoms with van der Waals surface area (Å²) in [5, 5.41) is 0. The van der Waals surface area contributed by atoms with Crippen LogP contribution in [-0.2, 0) is 14.9 Å². The lowest BCUT2D eigenvalue weighted by molar-refractivity contribution is 0.0532. The lowest BCUT2D eigenvalue weighted by Crippen LogP contribution is -2.10. The number of hydrogen-bond donors (Lipinski definition) is 1. The monoisotopic (exact) mass is 384 g/mol. The van der Waals surface area contributed by atoms with Crippen LogP contribution in [0.3, 0.4) is 0 Å². The number of hydrogen-bond acceptors (Lipinski definition) is 4. The van der Waals surface area contributed by atoms with Crippen LogP contribution in [0.15, 0.2) is 17.0 Å². The molecule has 0 saturated carbocycles. The Morgan fingerprint density at radius 1 is 1.33 bits per heavy atom. The summed E-state index contributed by atoms with van der Waals surface area (Å²) in [6.07, 6.45) is 0. The van der Waals surface area contributed by atoms with E-state index in [0.717, 1.165) is 0 Å². The molecule has 5 nitrogen and oxygen atoms in total. The summed E-state index contributed by atoms with van der Waals surface area (Å²) in [6, 6.07) is 2.79. The molecule has 1 rings (SSSR count). The summed E-state index contributed by atoms with van der Waals surface area (Å²) in [5.74, 6) is -0.500. The molecule has 0 bridgehead atoms. The van der Waals surface area contributed by atoms with Crippen molar-refractivity contribution in [3.8, 4) is 0 Å². The van der Waals surface area contributed by atoms with E-state index in [-0.39, 0.29) is 10.5 Å². The van der Waals surface area contributed by atoms with E-state index in [9.17, 15) is 13.2 Å². The number of carbonyl (C=O) groups is 1. The Morgan fingerprint density at radius 3 is 2.22 bits per heavy atom. The fraction of sp³-hybridized carbons (Fsp3) is 0.364. The standard InChI is InChI=1S/C11H13IO5S/c1-7-5-9(11(13)17-4-3-12)6-8(2)10(7)18(14,15)16/h5-6H,3-4H2,1-2H3,(H,14,15,16). The maximum Gasteiger partial charge on any atom is 0.338 e. The molecule has 1 aromatic rings. The smallest absolute Gasteiger partial charge is 0.338 e. The van der Waals surface area contributed by atoms with Crippen LogP contribution in [0.25, 0.3) is 0 Å². The highest BCUT2D eigenvalue weighted by Crippen LogP contribution is 2.22. The number of ether oxygens (including phenoxy) is 1. The van der Waals surface area contributed by atoms with Crippen molar-refractivity contribution in [1.82, 2.24) is 0 Å². The summed E-state index contributed by atoms with van der Waals surface area (Å²) in [6.45, 7) is 3.34. The molecular formula is C11H13IO5S. The van der Waals surface area contributed by atoms with E-state index in [1.54, 1.807) is 0 Å². The third kappa shape index (κ3) is 3.66. The third-order valence-corrected chi connectivity index (χ3v) is 3.86. The van der Waals surface area contributed by atoms with Gasteiger partial charge in [0, 0.05) is 4.43 Å². The van der Waals surface area contributed by atoms with E-state index in [4.69, 9.17) is 9.29 Å². The molecule has 0 spiro atoms. The van der Waals surface area contributed by atoms with Gasteiger partial charge >= 0.3 is 5.97 Å². The molecule has 7 heteroatoms. The summed E-state index contributed by atoms with van der Waals surface area (Å²) < 4.78 is 37.0. The maximum absolute atomic E-state index is 11.6. The van der Waals surface area contributed by atoms with E-state index in [1.807, 2.05) is 0 Å². The molecule has 0 heterocycles. The molecule has 1 aromatic carbocycles. The van der Waals surface area contributed by atoms with E-state index >= 15 is 0 Å². The topological polar surface area (TPSA) is 80.7 Å². The Morgan fingerprint density at radius 2 is 1.83 bits per heavy atom. The van der Waals surface area contributed by atoms with Crippen LogP contribution in [-0.4, -0.2) is 30.0 Å². The second kappa shape index (κ2) is 5.98. The minimum atomic E-state index is -4.28. The van der Waals surface area contributed by atoms with Gasteiger partial charge in [-0.3, -0.25) is 4.55 Å². The highest BCUT2D eigenvalue weighted by Gasteiger charge is 2.19. The number of esters is 1. The number of rotatable bonds is 4. The first-order valence-electron chi connectivity index (χ1n) is 5.09. The van der Waals surface area contributed by atoms with Crippen LogP contribution >= 0.6 is 22.6 Å². The molecule has 0 aliphatic rings. The predicted octanol–water partition coefficient (Wildman–Crippen LogP) is 2.14. The van der Waals surface area contributed by atoms with Crippen LogP contribution in [0.2, 0.25) is 0 Å². The molecule has 0 aliphatic heterocycles. The zero-order valence-electron chi connectivity index (χ0n) is 9.94. The first kappa shape index (κ1) is 15.4. The predicted molar refractivity (Wildman–Crippen MR) is 74.9 cm³/mol. The van der Waals surface area contributed by atoms with Gasteiger partial charge in [0.15, 0.2) is 0 Å². The Kier molecular flexibility index (Phi) is 5.11. The minimum absolute atomic E-state index is 0.159. The number of aryl methyl sites for hydroxylation is 2. The highest BCUT2D eigenvalue weighted by molar-refractivity contribution is 14.1. The van der Waals surface area contributed by atoms with Crippen LogP contribution in [0.4, 0.5) is 0 Å². The van der Waals surface area contributed by atoms with Crippen LogP contribution in [0.5, 0.6) is 0 Å². The van der Waals surface area contributed by atoms with Gasteiger partial charge < -0.3 is 4.74 Å². The molecule has 0 unspecified atom stereocenters. The number of halogens is 1. The Hall–Kier alpha value is -0.670. The van der Waals surface area contributed by atoms with Gasteiger partial charge in [0.1, 0.15) is 6.61 Å². The van der Waals surface area contributed by atoms with Crippen molar-refractivity contribution in [3.05, 3.63) is 28.8 Å². The van der Waals surface area contributed by atoms with E-state index in [0.29, 0.717) is 22.2 Å². The lowest BCUT2D eigenvalue weighted by atomic mass is 10.1. The van der Waals surface area contributed by atoms with Gasteiger partial charge in [-0.1, -0.05) is 22.6 Å². The molecule has 100 valence electrons. The second-order valence-electron chi connectivity index (χ2n) is 3.74. The summed E-state index contributed by atoms with van der Waals surface area (Å²) >= 11 is 2.08. The van der Waals surface area contributed by atoms with Crippen molar-refractivity contribution in [1.29, 1.82) is 0 Å². The number of carbonyl (C=O) groups excluding carboxylic acids is 1.